The van der Waals surface area contributed by atoms with Crippen molar-refractivity contribution in [2.24, 2.45) is 28.6 Å². The van der Waals surface area contributed by atoms with E-state index in [1.807, 2.05) is 0 Å². The second-order valence-electron chi connectivity index (χ2n) is 9.57. The quantitative estimate of drug-likeness (QED) is 0.579. The molecular formula is C21H26F2O4S. The lowest BCUT2D eigenvalue weighted by atomic mass is 9.44. The summed E-state index contributed by atoms with van der Waals surface area (Å²) in [5, 5.41) is 21.6. The van der Waals surface area contributed by atoms with Crippen LogP contribution in [-0.4, -0.2) is 44.7 Å². The summed E-state index contributed by atoms with van der Waals surface area (Å²) < 4.78 is 32.0. The first-order valence-corrected chi connectivity index (χ1v) is 10.2. The van der Waals surface area contributed by atoms with Crippen LogP contribution < -0.4 is 0 Å². The van der Waals surface area contributed by atoms with Crippen molar-refractivity contribution in [3.8, 4) is 0 Å². The van der Waals surface area contributed by atoms with Gasteiger partial charge in [0.1, 0.15) is 11.8 Å². The van der Waals surface area contributed by atoms with E-state index in [0.29, 0.717) is 6.42 Å². The minimum Gasteiger partial charge on any atom is -0.390 e. The third kappa shape index (κ3) is 2.03. The first kappa shape index (κ1) is 20.2. The van der Waals surface area contributed by atoms with Crippen LogP contribution in [0, 0.1) is 28.6 Å². The number of aliphatic hydroxyl groups excluding tert-OH is 1. The minimum absolute atomic E-state index is 0.0629. The molecule has 0 aromatic rings. The molecule has 0 heterocycles. The summed E-state index contributed by atoms with van der Waals surface area (Å²) in [7, 11) is 0. The Bertz CT molecular complexity index is 827. The van der Waals surface area contributed by atoms with Crippen LogP contribution in [0.15, 0.2) is 23.8 Å². The number of allylic oxidation sites excluding steroid dienone is 4. The molecule has 0 amide bonds. The average Bonchev–Trinajstić information content (AvgIpc) is 2.81. The van der Waals surface area contributed by atoms with Crippen molar-refractivity contribution in [2.45, 2.75) is 63.6 Å². The molecule has 3 fully saturated rings. The minimum atomic E-state index is -2.20. The Labute approximate surface area is 168 Å². The van der Waals surface area contributed by atoms with Crippen LogP contribution in [0.3, 0.4) is 0 Å². The largest absolute Gasteiger partial charge is 0.390 e. The summed E-state index contributed by atoms with van der Waals surface area (Å²) in [5.74, 6) is -2.29. The van der Waals surface area contributed by atoms with Crippen LogP contribution in [0.2, 0.25) is 0 Å². The maximum absolute atomic E-state index is 16.8. The van der Waals surface area contributed by atoms with Gasteiger partial charge in [-0.3, -0.25) is 9.59 Å². The highest BCUT2D eigenvalue weighted by Gasteiger charge is 2.76. The number of hydrogen-bond donors (Lipinski definition) is 3. The van der Waals surface area contributed by atoms with Crippen molar-refractivity contribution in [3.05, 3.63) is 23.8 Å². The second-order valence-corrected chi connectivity index (χ2v) is 9.97. The van der Waals surface area contributed by atoms with Gasteiger partial charge in [-0.2, -0.15) is 0 Å². The number of aliphatic hydroxyl groups is 2. The molecular weight excluding hydrogens is 386 g/mol. The monoisotopic (exact) mass is 412 g/mol. The Hall–Kier alpha value is -1.05. The Kier molecular flexibility index (Phi) is 4.16. The van der Waals surface area contributed by atoms with E-state index in [1.54, 1.807) is 13.8 Å². The molecule has 4 nitrogen and oxygen atoms in total. The third-order valence-corrected chi connectivity index (χ3v) is 8.88. The number of carbonyl (C=O) groups excluding carboxylic acids is 2. The predicted octanol–water partition coefficient (Wildman–Crippen LogP) is 2.74. The molecule has 0 spiro atoms. The molecule has 154 valence electrons. The number of alkyl halides is 2. The average molecular weight is 412 g/mol. The summed E-state index contributed by atoms with van der Waals surface area (Å²) in [4.78, 5) is 24.1. The van der Waals surface area contributed by atoms with Crippen LogP contribution >= 0.6 is 12.6 Å². The first-order chi connectivity index (χ1) is 12.8. The molecule has 0 aliphatic heterocycles. The van der Waals surface area contributed by atoms with Gasteiger partial charge in [0.05, 0.1) is 6.10 Å². The Morgan fingerprint density at radius 3 is 2.54 bits per heavy atom. The Balaban J connectivity index is 1.88. The summed E-state index contributed by atoms with van der Waals surface area (Å²) in [6, 6.07) is 0. The fourth-order valence-electron chi connectivity index (χ4n) is 7.00. The molecule has 4 aliphatic carbocycles. The van der Waals surface area contributed by atoms with E-state index in [4.69, 9.17) is 0 Å². The molecule has 0 radical (unpaired) electrons. The zero-order valence-corrected chi connectivity index (χ0v) is 17.0. The van der Waals surface area contributed by atoms with Crippen LogP contribution in [0.5, 0.6) is 0 Å². The number of halogens is 2. The van der Waals surface area contributed by atoms with Crippen molar-refractivity contribution < 1.29 is 28.6 Å². The number of thiol groups is 1. The SMILES string of the molecule is C[C@@H]1C[C@H]2[C@@H]3C[C@H](F)C4=CC(=O)C=C[C@]4(C)C3(F)[C@@H](O)C[C@]2(C)[C@]1(O)C(=O)S. The van der Waals surface area contributed by atoms with E-state index in [1.165, 1.54) is 19.1 Å². The van der Waals surface area contributed by atoms with Gasteiger partial charge >= 0.3 is 0 Å². The van der Waals surface area contributed by atoms with Crippen LogP contribution in [0.25, 0.3) is 0 Å². The van der Waals surface area contributed by atoms with Crippen LogP contribution in [0.1, 0.15) is 40.0 Å². The predicted molar refractivity (Wildman–Crippen MR) is 102 cm³/mol. The Morgan fingerprint density at radius 1 is 1.29 bits per heavy atom. The van der Waals surface area contributed by atoms with Gasteiger partial charge in [0.2, 0.25) is 5.12 Å². The zero-order valence-electron chi connectivity index (χ0n) is 16.2. The molecule has 7 heteroatoms. The standard InChI is InChI=1S/C21H26F2O4S/c1-10-6-12-13-8-15(22)14-7-11(24)4-5-18(14,2)20(13,23)16(25)9-19(12,3)21(10,27)17(26)28/h4-5,7,10,12-13,15-16,25,27H,6,8-9H2,1-3H3,(H,26,28)/t10-,12+,13+,15+,16+,18+,19+,20?,21-/m1/s1. The lowest BCUT2D eigenvalue weighted by Crippen LogP contribution is -2.70. The lowest BCUT2D eigenvalue weighted by Gasteiger charge is -2.62. The maximum Gasteiger partial charge on any atom is 0.218 e. The van der Waals surface area contributed by atoms with Crippen molar-refractivity contribution in [2.75, 3.05) is 0 Å². The molecule has 0 bridgehead atoms. The first-order valence-electron chi connectivity index (χ1n) is 9.76. The molecule has 4 rings (SSSR count). The number of hydrogen-bond acceptors (Lipinski definition) is 4. The summed E-state index contributed by atoms with van der Waals surface area (Å²) in [6.07, 6.45) is 0.703. The summed E-state index contributed by atoms with van der Waals surface area (Å²) >= 11 is 3.90. The number of carbonyl (C=O) groups is 2. The molecule has 4 aliphatic rings. The van der Waals surface area contributed by atoms with Gasteiger partial charge < -0.3 is 10.2 Å². The van der Waals surface area contributed by atoms with Crippen LogP contribution in [0.4, 0.5) is 8.78 Å². The highest BCUT2D eigenvalue weighted by Crippen LogP contribution is 2.71. The van der Waals surface area contributed by atoms with Gasteiger partial charge in [-0.15, -0.1) is 12.6 Å². The molecule has 1 unspecified atom stereocenters. The smallest absolute Gasteiger partial charge is 0.218 e. The second kappa shape index (κ2) is 5.76. The lowest BCUT2D eigenvalue weighted by molar-refractivity contribution is -0.221. The van der Waals surface area contributed by atoms with E-state index in [0.717, 1.165) is 6.08 Å². The van der Waals surface area contributed by atoms with Gasteiger partial charge in [0.15, 0.2) is 11.5 Å². The molecule has 0 saturated heterocycles. The number of fused-ring (bicyclic) bond motifs is 5. The van der Waals surface area contributed by atoms with Gasteiger partial charge in [-0.1, -0.05) is 19.9 Å². The van der Waals surface area contributed by atoms with E-state index in [2.05, 4.69) is 12.6 Å². The van der Waals surface area contributed by atoms with E-state index in [-0.39, 0.29) is 18.4 Å². The normalized spacial score (nSPS) is 55.2. The molecule has 28 heavy (non-hydrogen) atoms. The fraction of sp³-hybridized carbons (Fsp3) is 0.714. The third-order valence-electron chi connectivity index (χ3n) is 8.54. The molecule has 3 saturated carbocycles. The highest BCUT2D eigenvalue weighted by atomic mass is 32.1. The number of ketones is 1. The van der Waals surface area contributed by atoms with E-state index >= 15 is 8.78 Å². The Morgan fingerprint density at radius 2 is 1.93 bits per heavy atom. The fourth-order valence-corrected chi connectivity index (χ4v) is 7.47. The van der Waals surface area contributed by atoms with Crippen molar-refractivity contribution >= 4 is 23.5 Å². The summed E-state index contributed by atoms with van der Waals surface area (Å²) in [5.41, 5.74) is -6.53. The van der Waals surface area contributed by atoms with Gasteiger partial charge in [-0.25, -0.2) is 8.78 Å². The van der Waals surface area contributed by atoms with E-state index in [9.17, 15) is 19.8 Å². The maximum atomic E-state index is 16.8. The van der Waals surface area contributed by atoms with Crippen molar-refractivity contribution in [1.82, 2.24) is 0 Å². The van der Waals surface area contributed by atoms with E-state index < -0.39 is 63.0 Å². The molecule has 2 N–H and O–H groups in total. The molecule has 9 atom stereocenters. The summed E-state index contributed by atoms with van der Waals surface area (Å²) in [6.45, 7) is 4.92. The zero-order chi connectivity index (χ0) is 20.9. The van der Waals surface area contributed by atoms with Gasteiger partial charge in [-0.05, 0) is 55.7 Å². The number of rotatable bonds is 1. The van der Waals surface area contributed by atoms with Crippen LogP contribution in [-0.2, 0) is 9.59 Å². The topological polar surface area (TPSA) is 74.6 Å². The van der Waals surface area contributed by atoms with Gasteiger partial charge in [0.25, 0.3) is 0 Å². The molecule has 0 aromatic carbocycles. The van der Waals surface area contributed by atoms with Crippen molar-refractivity contribution in [3.63, 3.8) is 0 Å². The van der Waals surface area contributed by atoms with Crippen molar-refractivity contribution in [1.29, 1.82) is 0 Å². The molecule has 0 aromatic heterocycles. The van der Waals surface area contributed by atoms with Gasteiger partial charge in [0, 0.05) is 16.7 Å². The highest BCUT2D eigenvalue weighted by molar-refractivity contribution is 7.96.